The number of para-hydroxylation sites is 4. The molecule has 9 heteroatoms. The summed E-state index contributed by atoms with van der Waals surface area (Å²) in [4.78, 5) is 36.0. The fourth-order valence-corrected chi connectivity index (χ4v) is 2.73. The van der Waals surface area contributed by atoms with E-state index in [9.17, 15) is 19.7 Å². The molecule has 27 heavy (non-hydrogen) atoms. The van der Waals surface area contributed by atoms with Gasteiger partial charge in [0.1, 0.15) is 12.3 Å². The zero-order chi connectivity index (χ0) is 19.2. The zero-order valence-corrected chi connectivity index (χ0v) is 14.4. The Morgan fingerprint density at radius 2 is 1.85 bits per heavy atom. The Morgan fingerprint density at radius 1 is 1.15 bits per heavy atom. The van der Waals surface area contributed by atoms with E-state index >= 15 is 0 Å². The highest BCUT2D eigenvalue weighted by atomic mass is 16.6. The van der Waals surface area contributed by atoms with Gasteiger partial charge in [-0.2, -0.15) is 0 Å². The summed E-state index contributed by atoms with van der Waals surface area (Å²) in [5.74, 6) is -0.277. The summed E-state index contributed by atoms with van der Waals surface area (Å²) >= 11 is 0. The van der Waals surface area contributed by atoms with Gasteiger partial charge in [0.05, 0.1) is 22.8 Å². The Hall–Kier alpha value is -3.62. The highest BCUT2D eigenvalue weighted by Gasteiger charge is 2.25. The van der Waals surface area contributed by atoms with Gasteiger partial charge >= 0.3 is 6.09 Å². The van der Waals surface area contributed by atoms with E-state index in [0.717, 1.165) is 0 Å². The highest BCUT2D eigenvalue weighted by molar-refractivity contribution is 5.99. The molecule has 3 rings (SSSR count). The van der Waals surface area contributed by atoms with Gasteiger partial charge in [-0.25, -0.2) is 4.79 Å². The first kappa shape index (κ1) is 18.2. The van der Waals surface area contributed by atoms with E-state index in [2.05, 4.69) is 10.6 Å². The third-order valence-corrected chi connectivity index (χ3v) is 4.00. The molecular weight excluding hydrogens is 352 g/mol. The number of nitro groups is 1. The minimum Gasteiger partial charge on any atom is -0.447 e. The zero-order valence-electron chi connectivity index (χ0n) is 14.4. The van der Waals surface area contributed by atoms with Gasteiger partial charge in [0.25, 0.3) is 5.69 Å². The van der Waals surface area contributed by atoms with Gasteiger partial charge in [0.15, 0.2) is 0 Å². The third kappa shape index (κ3) is 4.32. The average Bonchev–Trinajstić information content (AvgIpc) is 3.08. The van der Waals surface area contributed by atoms with Crippen LogP contribution in [0.1, 0.15) is 6.42 Å². The van der Waals surface area contributed by atoms with Crippen molar-refractivity contribution in [2.45, 2.75) is 6.42 Å². The predicted molar refractivity (Wildman–Crippen MR) is 100.0 cm³/mol. The minimum absolute atomic E-state index is 0.0456. The van der Waals surface area contributed by atoms with Crippen molar-refractivity contribution in [2.75, 3.05) is 35.2 Å². The molecule has 1 saturated heterocycles. The standard InChI is InChI=1S/C18H18N4O5/c23-17(9-10-19-13-5-1-4-8-16(13)22(25)26)20-14-6-2-3-7-15(14)21-11-12-27-18(21)24/h1-8,19H,9-12H2,(H,20,23). The number of ether oxygens (including phenoxy) is 1. The second-order valence-electron chi connectivity index (χ2n) is 5.78. The van der Waals surface area contributed by atoms with Gasteiger partial charge in [0.2, 0.25) is 5.91 Å². The van der Waals surface area contributed by atoms with Crippen LogP contribution in [0.25, 0.3) is 0 Å². The molecule has 0 aromatic heterocycles. The molecule has 1 aliphatic rings. The summed E-state index contributed by atoms with van der Waals surface area (Å²) < 4.78 is 4.93. The van der Waals surface area contributed by atoms with Crippen LogP contribution in [0.5, 0.6) is 0 Å². The number of carbonyl (C=O) groups excluding carboxylic acids is 2. The predicted octanol–water partition coefficient (Wildman–Crippen LogP) is 2.99. The SMILES string of the molecule is O=C(CCNc1ccccc1[N+](=O)[O-])Nc1ccccc1N1CCOC1=O. The monoisotopic (exact) mass is 370 g/mol. The molecule has 0 spiro atoms. The summed E-state index contributed by atoms with van der Waals surface area (Å²) in [6, 6.07) is 13.2. The lowest BCUT2D eigenvalue weighted by Crippen LogP contribution is -2.25. The van der Waals surface area contributed by atoms with Crippen molar-refractivity contribution >= 4 is 34.7 Å². The molecule has 1 fully saturated rings. The molecule has 0 bridgehead atoms. The second-order valence-corrected chi connectivity index (χ2v) is 5.78. The Morgan fingerprint density at radius 3 is 2.56 bits per heavy atom. The van der Waals surface area contributed by atoms with Gasteiger partial charge in [0, 0.05) is 19.0 Å². The van der Waals surface area contributed by atoms with E-state index in [4.69, 9.17) is 4.74 Å². The maximum absolute atomic E-state index is 12.3. The summed E-state index contributed by atoms with van der Waals surface area (Å²) in [6.07, 6.45) is -0.347. The van der Waals surface area contributed by atoms with Crippen LogP contribution in [0, 0.1) is 10.1 Å². The molecule has 2 amide bonds. The van der Waals surface area contributed by atoms with Crippen molar-refractivity contribution in [1.82, 2.24) is 0 Å². The van der Waals surface area contributed by atoms with E-state index in [-0.39, 0.29) is 24.6 Å². The number of anilines is 3. The van der Waals surface area contributed by atoms with Crippen molar-refractivity contribution in [1.29, 1.82) is 0 Å². The fraction of sp³-hybridized carbons (Fsp3) is 0.222. The number of amides is 2. The first-order valence-electron chi connectivity index (χ1n) is 8.37. The molecule has 0 unspecified atom stereocenters. The molecule has 2 N–H and O–H groups in total. The molecular formula is C18H18N4O5. The number of nitrogens with one attached hydrogen (secondary N) is 2. The summed E-state index contributed by atoms with van der Waals surface area (Å²) in [5, 5.41) is 16.7. The number of rotatable bonds is 7. The van der Waals surface area contributed by atoms with Crippen molar-refractivity contribution in [3.8, 4) is 0 Å². The molecule has 0 atom stereocenters. The van der Waals surface area contributed by atoms with Crippen LogP contribution in [0.15, 0.2) is 48.5 Å². The number of hydrogen-bond donors (Lipinski definition) is 2. The molecule has 1 heterocycles. The first-order valence-corrected chi connectivity index (χ1v) is 8.37. The van der Waals surface area contributed by atoms with E-state index < -0.39 is 11.0 Å². The Kier molecular flexibility index (Phi) is 5.50. The highest BCUT2D eigenvalue weighted by Crippen LogP contribution is 2.28. The molecule has 0 aliphatic carbocycles. The molecule has 0 radical (unpaired) electrons. The minimum atomic E-state index is -0.478. The maximum Gasteiger partial charge on any atom is 0.414 e. The van der Waals surface area contributed by atoms with Gasteiger partial charge in [-0.3, -0.25) is 19.8 Å². The topological polar surface area (TPSA) is 114 Å². The molecule has 140 valence electrons. The average molecular weight is 370 g/mol. The van der Waals surface area contributed by atoms with Crippen LogP contribution in [-0.2, 0) is 9.53 Å². The van der Waals surface area contributed by atoms with Crippen LogP contribution >= 0.6 is 0 Å². The van der Waals surface area contributed by atoms with E-state index in [1.807, 2.05) is 0 Å². The van der Waals surface area contributed by atoms with Crippen molar-refractivity contribution in [3.63, 3.8) is 0 Å². The maximum atomic E-state index is 12.3. The number of nitro benzene ring substituents is 1. The number of carbonyl (C=O) groups is 2. The summed E-state index contributed by atoms with van der Waals surface area (Å²) in [5.41, 5.74) is 1.39. The molecule has 2 aromatic rings. The lowest BCUT2D eigenvalue weighted by molar-refractivity contribution is -0.384. The number of benzene rings is 2. The molecule has 2 aromatic carbocycles. The van der Waals surface area contributed by atoms with Gasteiger partial charge in [-0.15, -0.1) is 0 Å². The van der Waals surface area contributed by atoms with Gasteiger partial charge in [-0.1, -0.05) is 24.3 Å². The summed E-state index contributed by atoms with van der Waals surface area (Å²) in [7, 11) is 0. The molecule has 9 nitrogen and oxygen atoms in total. The van der Waals surface area contributed by atoms with E-state index in [1.54, 1.807) is 42.5 Å². The number of nitrogens with zero attached hydrogens (tertiary/aromatic N) is 2. The van der Waals surface area contributed by atoms with Crippen LogP contribution < -0.4 is 15.5 Å². The Labute approximate surface area is 155 Å². The largest absolute Gasteiger partial charge is 0.447 e. The van der Waals surface area contributed by atoms with Crippen LogP contribution in [0.3, 0.4) is 0 Å². The smallest absolute Gasteiger partial charge is 0.414 e. The van der Waals surface area contributed by atoms with Crippen LogP contribution in [0.4, 0.5) is 27.5 Å². The van der Waals surface area contributed by atoms with Gasteiger partial charge < -0.3 is 15.4 Å². The Bertz CT molecular complexity index is 870. The molecule has 0 saturated carbocycles. The normalized spacial score (nSPS) is 13.2. The third-order valence-electron chi connectivity index (χ3n) is 4.00. The lowest BCUT2D eigenvalue weighted by Gasteiger charge is -2.17. The number of hydrogen-bond acceptors (Lipinski definition) is 6. The van der Waals surface area contributed by atoms with Crippen LogP contribution in [-0.4, -0.2) is 36.6 Å². The van der Waals surface area contributed by atoms with Crippen molar-refractivity contribution < 1.29 is 19.2 Å². The van der Waals surface area contributed by atoms with E-state index in [0.29, 0.717) is 30.2 Å². The lowest BCUT2D eigenvalue weighted by atomic mass is 10.2. The first-order chi connectivity index (χ1) is 13.1. The van der Waals surface area contributed by atoms with Gasteiger partial charge in [-0.05, 0) is 18.2 Å². The number of cyclic esters (lactones) is 1. The molecule has 1 aliphatic heterocycles. The second kappa shape index (κ2) is 8.17. The quantitative estimate of drug-likeness (QED) is 0.572. The van der Waals surface area contributed by atoms with Crippen molar-refractivity contribution in [3.05, 3.63) is 58.6 Å². The Balaban J connectivity index is 1.59. The van der Waals surface area contributed by atoms with E-state index in [1.165, 1.54) is 11.0 Å². The van der Waals surface area contributed by atoms with Crippen LogP contribution in [0.2, 0.25) is 0 Å². The fourth-order valence-electron chi connectivity index (χ4n) is 2.73. The summed E-state index contributed by atoms with van der Waals surface area (Å²) in [6.45, 7) is 0.955. The van der Waals surface area contributed by atoms with Crippen molar-refractivity contribution in [2.24, 2.45) is 0 Å².